The first-order valence-corrected chi connectivity index (χ1v) is 10.8. The Morgan fingerprint density at radius 3 is 2.50 bits per heavy atom. The lowest BCUT2D eigenvalue weighted by atomic mass is 10.2. The Morgan fingerprint density at radius 2 is 1.83 bits per heavy atom. The van der Waals surface area contributed by atoms with Crippen LogP contribution in [0.5, 0.6) is 0 Å². The van der Waals surface area contributed by atoms with E-state index in [1.807, 2.05) is 6.07 Å². The molecule has 3 heterocycles. The van der Waals surface area contributed by atoms with Crippen molar-refractivity contribution in [1.29, 1.82) is 0 Å². The Kier molecular flexibility index (Phi) is 4.92. The van der Waals surface area contributed by atoms with Crippen LogP contribution < -0.4 is 5.32 Å². The van der Waals surface area contributed by atoms with Gasteiger partial charge in [0, 0.05) is 12.5 Å². The number of aromatic nitrogens is 4. The highest BCUT2D eigenvalue weighted by atomic mass is 32.2. The average molecular weight is 423 g/mol. The van der Waals surface area contributed by atoms with E-state index in [0.29, 0.717) is 22.8 Å². The number of oxazole rings is 1. The van der Waals surface area contributed by atoms with E-state index in [4.69, 9.17) is 4.42 Å². The minimum atomic E-state index is -3.31. The number of amides is 1. The monoisotopic (exact) mass is 423 g/mol. The zero-order valence-corrected chi connectivity index (χ0v) is 16.9. The maximum absolute atomic E-state index is 12.8. The molecule has 9 nitrogen and oxygen atoms in total. The van der Waals surface area contributed by atoms with Crippen molar-refractivity contribution in [2.45, 2.75) is 11.8 Å². The quantitative estimate of drug-likeness (QED) is 0.524. The molecule has 0 aliphatic heterocycles. The summed E-state index contributed by atoms with van der Waals surface area (Å²) >= 11 is 0. The summed E-state index contributed by atoms with van der Waals surface area (Å²) in [5.41, 5.74) is 1.94. The van der Waals surface area contributed by atoms with Gasteiger partial charge in [0.15, 0.2) is 9.84 Å². The number of nitrogens with one attached hydrogen (secondary N) is 1. The van der Waals surface area contributed by atoms with E-state index < -0.39 is 15.7 Å². The molecule has 0 spiro atoms. The SMILES string of the molecule is Cc1oc(NC(=O)c2ccnn2-c2ccc(S(C)(=O)=O)cc2)nc1-c1ccccn1. The standard InChI is InChI=1S/C20H17N5O4S/c1-13-18(16-5-3-4-11-21-16)23-20(29-13)24-19(26)17-10-12-22-25(17)14-6-8-15(9-7-14)30(2,27)28/h3-12H,1-2H3,(H,23,24,26). The van der Waals surface area contributed by atoms with Crippen molar-refractivity contribution >= 4 is 21.8 Å². The van der Waals surface area contributed by atoms with Crippen molar-refractivity contribution in [2.75, 3.05) is 11.6 Å². The molecular formula is C20H17N5O4S. The van der Waals surface area contributed by atoms with E-state index in [2.05, 4.69) is 20.4 Å². The van der Waals surface area contributed by atoms with E-state index in [1.165, 1.54) is 29.1 Å². The number of nitrogens with zero attached hydrogens (tertiary/aromatic N) is 4. The Labute approximate surface area is 172 Å². The van der Waals surface area contributed by atoms with Gasteiger partial charge in [-0.15, -0.1) is 0 Å². The van der Waals surface area contributed by atoms with E-state index in [1.54, 1.807) is 37.4 Å². The average Bonchev–Trinajstić information content (AvgIpc) is 3.35. The first kappa shape index (κ1) is 19.5. The normalized spacial score (nSPS) is 11.4. The van der Waals surface area contributed by atoms with Crippen molar-refractivity contribution in [1.82, 2.24) is 19.7 Å². The van der Waals surface area contributed by atoms with Crippen molar-refractivity contribution in [2.24, 2.45) is 0 Å². The predicted molar refractivity (Wildman–Crippen MR) is 109 cm³/mol. The molecule has 1 aromatic carbocycles. The number of hydrogen-bond donors (Lipinski definition) is 1. The van der Waals surface area contributed by atoms with E-state index in [9.17, 15) is 13.2 Å². The number of sulfone groups is 1. The van der Waals surface area contributed by atoms with Crippen LogP contribution in [0.4, 0.5) is 6.01 Å². The van der Waals surface area contributed by atoms with Gasteiger partial charge < -0.3 is 4.42 Å². The third kappa shape index (κ3) is 3.85. The molecule has 1 amide bonds. The molecule has 0 aliphatic rings. The molecular weight excluding hydrogens is 406 g/mol. The molecule has 30 heavy (non-hydrogen) atoms. The van der Waals surface area contributed by atoms with Gasteiger partial charge in [-0.2, -0.15) is 10.1 Å². The summed E-state index contributed by atoms with van der Waals surface area (Å²) in [4.78, 5) is 21.5. The van der Waals surface area contributed by atoms with Crippen LogP contribution in [-0.2, 0) is 9.84 Å². The molecule has 4 aromatic rings. The Bertz CT molecular complexity index is 1310. The lowest BCUT2D eigenvalue weighted by Gasteiger charge is -2.07. The fourth-order valence-corrected chi connectivity index (χ4v) is 3.50. The van der Waals surface area contributed by atoms with Gasteiger partial charge in [0.1, 0.15) is 17.1 Å². The molecule has 0 atom stereocenters. The van der Waals surface area contributed by atoms with Crippen LogP contribution in [-0.4, -0.2) is 40.3 Å². The first-order valence-electron chi connectivity index (χ1n) is 8.87. The van der Waals surface area contributed by atoms with E-state index in [-0.39, 0.29) is 16.6 Å². The van der Waals surface area contributed by atoms with Crippen LogP contribution in [0.1, 0.15) is 16.2 Å². The lowest BCUT2D eigenvalue weighted by molar-refractivity contribution is 0.101. The number of anilines is 1. The molecule has 0 bridgehead atoms. The van der Waals surface area contributed by atoms with E-state index >= 15 is 0 Å². The minimum absolute atomic E-state index is 0.0401. The summed E-state index contributed by atoms with van der Waals surface area (Å²) in [6, 6.07) is 13.1. The Balaban J connectivity index is 1.58. The second kappa shape index (κ2) is 7.56. The molecule has 0 saturated heterocycles. The van der Waals surface area contributed by atoms with Gasteiger partial charge in [-0.1, -0.05) is 6.07 Å². The number of hydrogen-bond acceptors (Lipinski definition) is 7. The third-order valence-electron chi connectivity index (χ3n) is 4.31. The topological polar surface area (TPSA) is 120 Å². The molecule has 10 heteroatoms. The molecule has 4 rings (SSSR count). The van der Waals surface area contributed by atoms with Crippen LogP contribution >= 0.6 is 0 Å². The van der Waals surface area contributed by atoms with Crippen molar-refractivity contribution in [3.05, 3.63) is 72.4 Å². The summed E-state index contributed by atoms with van der Waals surface area (Å²) in [6.07, 6.45) is 4.25. The first-order chi connectivity index (χ1) is 14.3. The second-order valence-corrected chi connectivity index (χ2v) is 8.50. The van der Waals surface area contributed by atoms with Gasteiger partial charge in [0.25, 0.3) is 5.91 Å². The Morgan fingerprint density at radius 1 is 1.07 bits per heavy atom. The molecule has 0 radical (unpaired) electrons. The summed E-state index contributed by atoms with van der Waals surface area (Å²) in [5.74, 6) is 0.0439. The number of rotatable bonds is 5. The second-order valence-electron chi connectivity index (χ2n) is 6.49. The molecule has 0 fully saturated rings. The highest BCUT2D eigenvalue weighted by Gasteiger charge is 2.19. The van der Waals surface area contributed by atoms with Gasteiger partial charge in [-0.25, -0.2) is 13.1 Å². The number of aryl methyl sites for hydroxylation is 1. The number of benzene rings is 1. The smallest absolute Gasteiger partial charge is 0.302 e. The minimum Gasteiger partial charge on any atom is -0.428 e. The van der Waals surface area contributed by atoms with Gasteiger partial charge in [-0.05, 0) is 49.4 Å². The van der Waals surface area contributed by atoms with Crippen LogP contribution in [0, 0.1) is 6.92 Å². The largest absolute Gasteiger partial charge is 0.428 e. The molecule has 152 valence electrons. The van der Waals surface area contributed by atoms with E-state index in [0.717, 1.165) is 6.26 Å². The highest BCUT2D eigenvalue weighted by molar-refractivity contribution is 7.90. The fraction of sp³-hybridized carbons (Fsp3) is 0.100. The molecule has 1 N–H and O–H groups in total. The fourth-order valence-electron chi connectivity index (χ4n) is 2.87. The van der Waals surface area contributed by atoms with Gasteiger partial charge >= 0.3 is 6.01 Å². The predicted octanol–water partition coefficient (Wildman–Crippen LogP) is 2.89. The van der Waals surface area contributed by atoms with Crippen LogP contribution in [0.3, 0.4) is 0 Å². The number of pyridine rings is 1. The summed E-state index contributed by atoms with van der Waals surface area (Å²) in [5, 5.41) is 6.78. The maximum Gasteiger partial charge on any atom is 0.302 e. The Hall–Kier alpha value is -3.79. The van der Waals surface area contributed by atoms with Gasteiger partial charge in [-0.3, -0.25) is 15.1 Å². The van der Waals surface area contributed by atoms with Crippen LogP contribution in [0.2, 0.25) is 0 Å². The molecule has 0 unspecified atom stereocenters. The zero-order chi connectivity index (χ0) is 21.3. The highest BCUT2D eigenvalue weighted by Crippen LogP contribution is 2.24. The molecule has 0 aliphatic carbocycles. The maximum atomic E-state index is 12.8. The summed E-state index contributed by atoms with van der Waals surface area (Å²) < 4.78 is 30.2. The number of carbonyl (C=O) groups excluding carboxylic acids is 1. The van der Waals surface area contributed by atoms with Gasteiger partial charge in [0.2, 0.25) is 0 Å². The lowest BCUT2D eigenvalue weighted by Crippen LogP contribution is -2.17. The van der Waals surface area contributed by atoms with Gasteiger partial charge in [0.05, 0.1) is 22.5 Å². The van der Waals surface area contributed by atoms with Crippen LogP contribution in [0.25, 0.3) is 17.1 Å². The third-order valence-corrected chi connectivity index (χ3v) is 5.44. The van der Waals surface area contributed by atoms with Crippen molar-refractivity contribution in [3.63, 3.8) is 0 Å². The molecule has 3 aromatic heterocycles. The summed E-state index contributed by atoms with van der Waals surface area (Å²) in [7, 11) is -3.31. The van der Waals surface area contributed by atoms with Crippen molar-refractivity contribution in [3.8, 4) is 17.1 Å². The summed E-state index contributed by atoms with van der Waals surface area (Å²) in [6.45, 7) is 1.74. The van der Waals surface area contributed by atoms with Crippen molar-refractivity contribution < 1.29 is 17.6 Å². The van der Waals surface area contributed by atoms with Crippen LogP contribution in [0.15, 0.2) is 70.2 Å². The molecule has 0 saturated carbocycles. The zero-order valence-electron chi connectivity index (χ0n) is 16.1. The number of carbonyl (C=O) groups is 1.